The minimum atomic E-state index is -0.503. The minimum Gasteiger partial charge on any atom is -0.493 e. The molecule has 1 amide bonds. The summed E-state index contributed by atoms with van der Waals surface area (Å²) in [4.78, 5) is 13.6. The lowest BCUT2D eigenvalue weighted by molar-refractivity contribution is -0.119. The molecule has 2 aromatic carbocycles. The quantitative estimate of drug-likeness (QED) is 0.759. The van der Waals surface area contributed by atoms with Crippen LogP contribution in [0, 0.1) is 6.92 Å². The van der Waals surface area contributed by atoms with Gasteiger partial charge in [0, 0.05) is 31.1 Å². The fourth-order valence-corrected chi connectivity index (χ4v) is 4.74. The van der Waals surface area contributed by atoms with E-state index in [0.29, 0.717) is 17.4 Å². The highest BCUT2D eigenvalue weighted by molar-refractivity contribution is 5.85. The molecule has 162 valence electrons. The predicted molar refractivity (Wildman–Crippen MR) is 119 cm³/mol. The van der Waals surface area contributed by atoms with Crippen LogP contribution in [-0.2, 0) is 11.2 Å². The fourth-order valence-electron chi connectivity index (χ4n) is 4.74. The average molecular weight is 432 g/mol. The number of rotatable bonds is 5. The van der Waals surface area contributed by atoms with E-state index in [1.807, 2.05) is 12.1 Å². The molecular formula is C23H30ClN3O3. The number of fused-ring (bicyclic) bond motifs is 3. The maximum Gasteiger partial charge on any atom is 0.255 e. The number of aryl methyl sites for hydroxylation is 1. The van der Waals surface area contributed by atoms with Gasteiger partial charge >= 0.3 is 0 Å². The first kappa shape index (κ1) is 22.4. The smallest absolute Gasteiger partial charge is 0.255 e. The van der Waals surface area contributed by atoms with Gasteiger partial charge in [0.25, 0.3) is 5.91 Å². The molecule has 0 aromatic heterocycles. The van der Waals surface area contributed by atoms with Gasteiger partial charge in [0.2, 0.25) is 0 Å². The van der Waals surface area contributed by atoms with Crippen LogP contribution in [0.2, 0.25) is 0 Å². The molecule has 30 heavy (non-hydrogen) atoms. The molecule has 2 aromatic rings. The van der Waals surface area contributed by atoms with Crippen LogP contribution in [0.5, 0.6) is 11.5 Å². The van der Waals surface area contributed by atoms with Gasteiger partial charge in [0.05, 0.1) is 7.11 Å². The number of amides is 1. The number of nitrogens with zero attached hydrogens (tertiary/aromatic N) is 1. The van der Waals surface area contributed by atoms with Crippen molar-refractivity contribution in [3.63, 3.8) is 0 Å². The Balaban J connectivity index is 0.00000256. The number of ether oxygens (including phenoxy) is 2. The third-order valence-corrected chi connectivity index (χ3v) is 6.18. The van der Waals surface area contributed by atoms with Gasteiger partial charge < -0.3 is 20.9 Å². The number of primary amides is 1. The Hall–Kier alpha value is -2.28. The summed E-state index contributed by atoms with van der Waals surface area (Å²) in [6, 6.07) is 13.1. The van der Waals surface area contributed by atoms with E-state index >= 15 is 0 Å². The van der Waals surface area contributed by atoms with Gasteiger partial charge in [-0.2, -0.15) is 0 Å². The zero-order valence-electron chi connectivity index (χ0n) is 17.5. The molecule has 1 fully saturated rings. The maximum absolute atomic E-state index is 11.1. The molecule has 7 heteroatoms. The van der Waals surface area contributed by atoms with Crippen LogP contribution in [0.1, 0.15) is 40.6 Å². The van der Waals surface area contributed by atoms with E-state index in [4.69, 9.17) is 20.9 Å². The number of hydrogen-bond donors (Lipinski definition) is 2. The van der Waals surface area contributed by atoms with Crippen molar-refractivity contribution in [2.24, 2.45) is 11.5 Å². The van der Waals surface area contributed by atoms with Crippen molar-refractivity contribution in [2.75, 3.05) is 26.8 Å². The Kier molecular flexibility index (Phi) is 6.91. The zero-order valence-corrected chi connectivity index (χ0v) is 18.3. The van der Waals surface area contributed by atoms with Crippen molar-refractivity contribution < 1.29 is 14.3 Å². The van der Waals surface area contributed by atoms with Crippen molar-refractivity contribution in [2.45, 2.75) is 37.8 Å². The van der Waals surface area contributed by atoms with E-state index in [0.717, 1.165) is 25.9 Å². The first-order valence-corrected chi connectivity index (χ1v) is 10.1. The summed E-state index contributed by atoms with van der Waals surface area (Å²) in [5.74, 6) is 1.03. The Morgan fingerprint density at radius 3 is 2.73 bits per heavy atom. The van der Waals surface area contributed by atoms with Gasteiger partial charge in [0.15, 0.2) is 18.1 Å². The number of piperidine rings is 1. The summed E-state index contributed by atoms with van der Waals surface area (Å²) in [7, 11) is 1.61. The lowest BCUT2D eigenvalue weighted by Crippen LogP contribution is -2.49. The summed E-state index contributed by atoms with van der Waals surface area (Å²) in [6.07, 6.45) is 1.83. The highest BCUT2D eigenvalue weighted by Gasteiger charge is 2.38. The van der Waals surface area contributed by atoms with Gasteiger partial charge in [-0.3, -0.25) is 9.69 Å². The molecule has 0 radical (unpaired) electrons. The second-order valence-corrected chi connectivity index (χ2v) is 8.14. The number of nitrogens with two attached hydrogens (primary N) is 2. The van der Waals surface area contributed by atoms with Gasteiger partial charge in [-0.15, -0.1) is 12.4 Å². The van der Waals surface area contributed by atoms with E-state index in [2.05, 4.69) is 36.1 Å². The Morgan fingerprint density at radius 1 is 1.23 bits per heavy atom. The van der Waals surface area contributed by atoms with Crippen LogP contribution in [0.25, 0.3) is 0 Å². The molecule has 3 atom stereocenters. The molecule has 2 aliphatic rings. The van der Waals surface area contributed by atoms with Crippen LogP contribution >= 0.6 is 12.4 Å². The molecule has 0 aliphatic carbocycles. The minimum absolute atomic E-state index is 0. The first-order valence-electron chi connectivity index (χ1n) is 10.1. The van der Waals surface area contributed by atoms with Gasteiger partial charge in [-0.05, 0) is 48.6 Å². The van der Waals surface area contributed by atoms with Crippen LogP contribution in [-0.4, -0.2) is 43.7 Å². The number of hydrogen-bond acceptors (Lipinski definition) is 5. The number of benzene rings is 2. The molecule has 4 N–H and O–H groups in total. The molecule has 0 saturated carbocycles. The largest absolute Gasteiger partial charge is 0.493 e. The first-order chi connectivity index (χ1) is 14.0. The highest BCUT2D eigenvalue weighted by atomic mass is 35.5. The van der Waals surface area contributed by atoms with Crippen molar-refractivity contribution in [1.29, 1.82) is 0 Å². The number of carbonyl (C=O) groups excluding carboxylic acids is 1. The summed E-state index contributed by atoms with van der Waals surface area (Å²) < 4.78 is 11.1. The monoisotopic (exact) mass is 431 g/mol. The van der Waals surface area contributed by atoms with Gasteiger partial charge in [-0.25, -0.2) is 0 Å². The zero-order chi connectivity index (χ0) is 20.5. The predicted octanol–water partition coefficient (Wildman–Crippen LogP) is 2.70. The van der Waals surface area contributed by atoms with Crippen LogP contribution < -0.4 is 20.9 Å². The fraction of sp³-hybridized carbons (Fsp3) is 0.435. The molecule has 0 unspecified atom stereocenters. The van der Waals surface area contributed by atoms with Crippen molar-refractivity contribution in [3.05, 3.63) is 58.7 Å². The third-order valence-electron chi connectivity index (χ3n) is 6.18. The van der Waals surface area contributed by atoms with E-state index in [1.165, 1.54) is 22.3 Å². The van der Waals surface area contributed by atoms with Crippen molar-refractivity contribution in [3.8, 4) is 11.5 Å². The van der Waals surface area contributed by atoms with E-state index < -0.39 is 5.91 Å². The number of carbonyl (C=O) groups is 1. The Labute approximate surface area is 183 Å². The summed E-state index contributed by atoms with van der Waals surface area (Å²) in [6.45, 7) is 3.90. The summed E-state index contributed by atoms with van der Waals surface area (Å²) in [5.41, 5.74) is 17.0. The molecule has 4 rings (SSSR count). The van der Waals surface area contributed by atoms with Crippen molar-refractivity contribution in [1.82, 2.24) is 4.90 Å². The molecule has 1 saturated heterocycles. The highest BCUT2D eigenvalue weighted by Crippen LogP contribution is 2.44. The summed E-state index contributed by atoms with van der Waals surface area (Å²) >= 11 is 0. The van der Waals surface area contributed by atoms with E-state index in [9.17, 15) is 4.79 Å². The number of halogens is 1. The summed E-state index contributed by atoms with van der Waals surface area (Å²) in [5, 5.41) is 0. The van der Waals surface area contributed by atoms with Crippen LogP contribution in [0.15, 0.2) is 36.4 Å². The standard InChI is InChI=1S/C23H29N3O3.ClH/c1-14-4-3-5-15(8-14)18-12-26-7-6-16-9-22(29-13-23(25)27)21(28-2)10-17(16)20(26)11-19(18)24;/h3-5,8-10,18-20H,6-7,11-13,24H2,1-2H3,(H2,25,27);1H/t18-,19+,20+;/m1./s1. The topological polar surface area (TPSA) is 90.8 Å². The lowest BCUT2D eigenvalue weighted by Gasteiger charge is -2.46. The van der Waals surface area contributed by atoms with E-state index in [1.54, 1.807) is 7.11 Å². The molecule has 0 spiro atoms. The molecule has 6 nitrogen and oxygen atoms in total. The molecule has 0 bridgehead atoms. The van der Waals surface area contributed by atoms with Crippen LogP contribution in [0.3, 0.4) is 0 Å². The third kappa shape index (κ3) is 4.41. The molecular weight excluding hydrogens is 402 g/mol. The van der Waals surface area contributed by atoms with Gasteiger partial charge in [-0.1, -0.05) is 29.8 Å². The normalized spacial score (nSPS) is 23.0. The second kappa shape index (κ2) is 9.25. The average Bonchev–Trinajstić information content (AvgIpc) is 2.71. The second-order valence-electron chi connectivity index (χ2n) is 8.14. The SMILES string of the molecule is COc1cc2c(cc1OCC(N)=O)CCN1C[C@H](c3cccc(C)c3)[C@@H](N)C[C@@H]21.Cl. The van der Waals surface area contributed by atoms with Crippen molar-refractivity contribution >= 4 is 18.3 Å². The lowest BCUT2D eigenvalue weighted by atomic mass is 9.78. The Bertz CT molecular complexity index is 921. The molecule has 2 aliphatic heterocycles. The number of methoxy groups -OCH3 is 1. The Morgan fingerprint density at radius 2 is 2.03 bits per heavy atom. The maximum atomic E-state index is 11.1. The van der Waals surface area contributed by atoms with Gasteiger partial charge in [0.1, 0.15) is 0 Å². The van der Waals surface area contributed by atoms with E-state index in [-0.39, 0.29) is 31.1 Å². The molecule has 2 heterocycles. The van der Waals surface area contributed by atoms with Crippen LogP contribution in [0.4, 0.5) is 0 Å².